The van der Waals surface area contributed by atoms with Crippen LogP contribution in [0.25, 0.3) is 0 Å². The first-order chi connectivity index (χ1) is 23.0. The summed E-state index contributed by atoms with van der Waals surface area (Å²) in [4.78, 5) is 76.9. The molecule has 1 aliphatic rings. The molecular formula is C36H39N3O9. The van der Waals surface area contributed by atoms with E-state index in [-0.39, 0.29) is 38.5 Å². The Morgan fingerprint density at radius 2 is 0.688 bits per heavy atom. The molecule has 3 amide bonds. The quantitative estimate of drug-likeness (QED) is 0.142. The maximum atomic E-state index is 13.6. The summed E-state index contributed by atoms with van der Waals surface area (Å²) in [5.41, 5.74) is 2.04. The third-order valence-corrected chi connectivity index (χ3v) is 8.51. The fourth-order valence-corrected chi connectivity index (χ4v) is 5.98. The molecule has 1 fully saturated rings. The van der Waals surface area contributed by atoms with Crippen molar-refractivity contribution < 1.29 is 44.1 Å². The van der Waals surface area contributed by atoms with Gasteiger partial charge in [-0.15, -0.1) is 0 Å². The van der Waals surface area contributed by atoms with Crippen LogP contribution < -0.4 is 16.0 Å². The van der Waals surface area contributed by atoms with E-state index in [9.17, 15) is 44.1 Å². The van der Waals surface area contributed by atoms with Gasteiger partial charge in [-0.3, -0.25) is 14.4 Å². The lowest BCUT2D eigenvalue weighted by atomic mass is 9.73. The molecule has 0 unspecified atom stereocenters. The van der Waals surface area contributed by atoms with Gasteiger partial charge in [-0.25, -0.2) is 14.4 Å². The average Bonchev–Trinajstić information content (AvgIpc) is 3.08. The van der Waals surface area contributed by atoms with Crippen LogP contribution in [0.5, 0.6) is 0 Å². The number of carbonyl (C=O) groups is 6. The Morgan fingerprint density at radius 1 is 0.458 bits per heavy atom. The van der Waals surface area contributed by atoms with Crippen molar-refractivity contribution in [2.45, 2.75) is 56.7 Å². The zero-order valence-corrected chi connectivity index (χ0v) is 26.2. The fraction of sp³-hybridized carbons (Fsp3) is 0.333. The number of nitrogens with one attached hydrogen (secondary N) is 3. The Bertz CT molecular complexity index is 1390. The van der Waals surface area contributed by atoms with Gasteiger partial charge in [0, 0.05) is 37.0 Å². The van der Waals surface area contributed by atoms with Crippen LogP contribution in [0, 0.1) is 17.8 Å². The molecule has 1 saturated carbocycles. The molecular weight excluding hydrogens is 618 g/mol. The van der Waals surface area contributed by atoms with Gasteiger partial charge in [0.15, 0.2) is 0 Å². The maximum Gasteiger partial charge on any atom is 0.326 e. The molecule has 3 aromatic carbocycles. The largest absolute Gasteiger partial charge is 0.480 e. The molecule has 3 atom stereocenters. The van der Waals surface area contributed by atoms with Gasteiger partial charge < -0.3 is 31.3 Å². The first kappa shape index (κ1) is 35.3. The fourth-order valence-electron chi connectivity index (χ4n) is 5.98. The number of carboxylic acid groups (broad SMARTS) is 3. The van der Waals surface area contributed by atoms with Crippen molar-refractivity contribution in [2.75, 3.05) is 0 Å². The third kappa shape index (κ3) is 10.2. The van der Waals surface area contributed by atoms with Crippen molar-refractivity contribution >= 4 is 35.6 Å². The average molecular weight is 658 g/mol. The molecule has 6 N–H and O–H groups in total. The molecule has 48 heavy (non-hydrogen) atoms. The molecule has 3 aromatic rings. The van der Waals surface area contributed by atoms with Crippen molar-refractivity contribution in [1.29, 1.82) is 0 Å². The molecule has 0 aromatic heterocycles. The van der Waals surface area contributed by atoms with Gasteiger partial charge in [0.25, 0.3) is 0 Å². The van der Waals surface area contributed by atoms with E-state index in [2.05, 4.69) is 16.0 Å². The van der Waals surface area contributed by atoms with Crippen LogP contribution in [0.15, 0.2) is 91.0 Å². The van der Waals surface area contributed by atoms with Gasteiger partial charge in [-0.05, 0) is 36.0 Å². The van der Waals surface area contributed by atoms with Crippen LogP contribution in [0.3, 0.4) is 0 Å². The van der Waals surface area contributed by atoms with Crippen LogP contribution in [-0.2, 0) is 48.0 Å². The SMILES string of the molecule is O=C(N[C@@H](Cc1ccccc1)C(=O)O)C1CC(C(=O)N[C@@H](Cc2ccccc2)C(=O)O)CC(C(=O)N[C@@H](Cc2ccccc2)C(=O)O)C1. The number of aliphatic carboxylic acids is 3. The summed E-state index contributed by atoms with van der Waals surface area (Å²) in [5.74, 6) is -8.77. The predicted octanol–water partition coefficient (Wildman–Crippen LogP) is 2.46. The van der Waals surface area contributed by atoms with E-state index in [4.69, 9.17) is 0 Å². The summed E-state index contributed by atoms with van der Waals surface area (Å²) in [6.07, 6.45) is -0.193. The van der Waals surface area contributed by atoms with Crippen molar-refractivity contribution in [3.8, 4) is 0 Å². The summed E-state index contributed by atoms with van der Waals surface area (Å²) < 4.78 is 0. The summed E-state index contributed by atoms with van der Waals surface area (Å²) in [5, 5.41) is 37.2. The molecule has 4 rings (SSSR count). The second-order valence-corrected chi connectivity index (χ2v) is 12.1. The lowest BCUT2D eigenvalue weighted by Gasteiger charge is -2.34. The molecule has 0 radical (unpaired) electrons. The van der Waals surface area contributed by atoms with Crippen LogP contribution in [-0.4, -0.2) is 69.1 Å². The number of benzene rings is 3. The molecule has 0 heterocycles. The van der Waals surface area contributed by atoms with E-state index >= 15 is 0 Å². The molecule has 0 aliphatic heterocycles. The first-order valence-electron chi connectivity index (χ1n) is 15.7. The minimum atomic E-state index is -1.29. The Hall–Kier alpha value is -5.52. The minimum absolute atomic E-state index is 0.00200. The Labute approximate surface area is 277 Å². The van der Waals surface area contributed by atoms with Crippen molar-refractivity contribution in [3.05, 3.63) is 108 Å². The van der Waals surface area contributed by atoms with Gasteiger partial charge in [0.05, 0.1) is 0 Å². The maximum absolute atomic E-state index is 13.6. The molecule has 12 heteroatoms. The van der Waals surface area contributed by atoms with Crippen molar-refractivity contribution in [1.82, 2.24) is 16.0 Å². The Balaban J connectivity index is 1.53. The number of hydrogen-bond donors (Lipinski definition) is 6. The van der Waals surface area contributed by atoms with E-state index in [1.54, 1.807) is 91.0 Å². The molecule has 0 bridgehead atoms. The zero-order valence-electron chi connectivity index (χ0n) is 26.2. The third-order valence-electron chi connectivity index (χ3n) is 8.51. The van der Waals surface area contributed by atoms with Gasteiger partial charge >= 0.3 is 17.9 Å². The van der Waals surface area contributed by atoms with Crippen molar-refractivity contribution in [3.63, 3.8) is 0 Å². The minimum Gasteiger partial charge on any atom is -0.480 e. The van der Waals surface area contributed by atoms with Gasteiger partial charge in [0.2, 0.25) is 17.7 Å². The van der Waals surface area contributed by atoms with Crippen molar-refractivity contribution in [2.24, 2.45) is 17.8 Å². The van der Waals surface area contributed by atoms with E-state index in [1.807, 2.05) is 0 Å². The van der Waals surface area contributed by atoms with E-state index in [0.29, 0.717) is 16.7 Å². The number of amides is 3. The summed E-state index contributed by atoms with van der Waals surface area (Å²) >= 11 is 0. The monoisotopic (exact) mass is 657 g/mol. The van der Waals surface area contributed by atoms with Crippen LogP contribution in [0.1, 0.15) is 36.0 Å². The lowest BCUT2D eigenvalue weighted by molar-refractivity contribution is -0.146. The molecule has 0 saturated heterocycles. The van der Waals surface area contributed by atoms with Gasteiger partial charge in [0.1, 0.15) is 18.1 Å². The predicted molar refractivity (Wildman–Crippen MR) is 173 cm³/mol. The number of rotatable bonds is 15. The second kappa shape index (κ2) is 16.9. The highest BCUT2D eigenvalue weighted by atomic mass is 16.4. The van der Waals surface area contributed by atoms with Gasteiger partial charge in [-0.1, -0.05) is 91.0 Å². The number of hydrogen-bond acceptors (Lipinski definition) is 6. The second-order valence-electron chi connectivity index (χ2n) is 12.1. The molecule has 1 aliphatic carbocycles. The molecule has 12 nitrogen and oxygen atoms in total. The molecule has 252 valence electrons. The van der Waals surface area contributed by atoms with E-state index in [1.165, 1.54) is 0 Å². The highest BCUT2D eigenvalue weighted by molar-refractivity contribution is 5.90. The Kier molecular flexibility index (Phi) is 12.4. The highest BCUT2D eigenvalue weighted by Crippen LogP contribution is 2.34. The van der Waals surface area contributed by atoms with E-state index in [0.717, 1.165) is 0 Å². The zero-order chi connectivity index (χ0) is 34.6. The Morgan fingerprint density at radius 3 is 0.896 bits per heavy atom. The topological polar surface area (TPSA) is 199 Å². The number of carbonyl (C=O) groups excluding carboxylic acids is 3. The first-order valence-corrected chi connectivity index (χ1v) is 15.7. The van der Waals surface area contributed by atoms with Gasteiger partial charge in [-0.2, -0.15) is 0 Å². The summed E-state index contributed by atoms with van der Waals surface area (Å²) in [6.45, 7) is 0. The smallest absolute Gasteiger partial charge is 0.326 e. The van der Waals surface area contributed by atoms with E-state index < -0.39 is 71.5 Å². The van der Waals surface area contributed by atoms with Crippen LogP contribution >= 0.6 is 0 Å². The highest BCUT2D eigenvalue weighted by Gasteiger charge is 2.41. The standard InChI is InChI=1S/C36H39N3O9/c40-31(37-28(34(43)44)16-22-10-4-1-5-11-22)25-19-26(32(41)38-29(35(45)46)17-23-12-6-2-7-13-23)21-27(20-25)33(42)39-30(36(47)48)18-24-14-8-3-9-15-24/h1-15,25-30H,16-21H2,(H,37,40)(H,38,41)(H,39,42)(H,43,44)(H,45,46)(H,47,48)/t25?,26?,27?,28-,29-,30-/m0/s1. The summed E-state index contributed by atoms with van der Waals surface area (Å²) in [7, 11) is 0. The number of carboxylic acids is 3. The molecule has 0 spiro atoms. The summed E-state index contributed by atoms with van der Waals surface area (Å²) in [6, 6.07) is 22.3. The van der Waals surface area contributed by atoms with Crippen LogP contribution in [0.2, 0.25) is 0 Å². The normalized spacial score (nSPS) is 19.1. The lowest BCUT2D eigenvalue weighted by Crippen LogP contribution is -2.52. The van der Waals surface area contributed by atoms with Crippen LogP contribution in [0.4, 0.5) is 0 Å².